The zero-order chi connectivity index (χ0) is 17.2. The molecule has 0 spiro atoms. The molecular weight excluding hydrogens is 342 g/mol. The van der Waals surface area contributed by atoms with Gasteiger partial charge in [0.2, 0.25) is 0 Å². The van der Waals surface area contributed by atoms with Gasteiger partial charge in [-0.25, -0.2) is 0 Å². The number of hydrogen-bond acceptors (Lipinski definition) is 3. The topological polar surface area (TPSA) is 27.7 Å². The van der Waals surface area contributed by atoms with Crippen molar-refractivity contribution in [2.75, 3.05) is 45.9 Å². The van der Waals surface area contributed by atoms with Gasteiger partial charge in [-0.2, -0.15) is 0 Å². The van der Waals surface area contributed by atoms with Crippen LogP contribution in [0.5, 0.6) is 0 Å². The molecule has 0 unspecified atom stereocenters. The second kappa shape index (κ2) is 10.7. The second-order valence-corrected chi connectivity index (χ2v) is 6.59. The lowest BCUT2D eigenvalue weighted by Crippen LogP contribution is -2.42. The predicted molar refractivity (Wildman–Crippen MR) is 105 cm³/mol. The van der Waals surface area contributed by atoms with E-state index in [0.29, 0.717) is 13.1 Å². The van der Waals surface area contributed by atoms with Crippen LogP contribution in [-0.2, 0) is 11.3 Å². The highest BCUT2D eigenvalue weighted by atomic mass is 35.5. The number of benzene rings is 1. The lowest BCUT2D eigenvalue weighted by Gasteiger charge is -2.29. The van der Waals surface area contributed by atoms with Crippen LogP contribution in [0.4, 0.5) is 0 Å². The Hall–Kier alpha value is -1.14. The average Bonchev–Trinajstić information content (AvgIpc) is 2.61. The van der Waals surface area contributed by atoms with Crippen LogP contribution in [0, 0.1) is 0 Å². The van der Waals surface area contributed by atoms with Gasteiger partial charge in [-0.3, -0.25) is 4.90 Å². The first-order chi connectivity index (χ1) is 11.7. The Kier molecular flexibility index (Phi) is 8.53. The number of ether oxygens (including phenoxy) is 1. The van der Waals surface area contributed by atoms with Gasteiger partial charge in [-0.15, -0.1) is 6.58 Å². The summed E-state index contributed by atoms with van der Waals surface area (Å²) in [4.78, 5) is 4.62. The number of nitrogens with zero attached hydrogens (tertiary/aromatic N) is 2. The molecule has 2 rings (SSSR count). The zero-order valence-corrected chi connectivity index (χ0v) is 15.6. The van der Waals surface area contributed by atoms with E-state index in [-0.39, 0.29) is 0 Å². The van der Waals surface area contributed by atoms with E-state index in [1.807, 2.05) is 30.3 Å². The first-order valence-corrected chi connectivity index (χ1v) is 9.16. The van der Waals surface area contributed by atoms with Crippen LogP contribution in [0.25, 0.3) is 0 Å². The van der Waals surface area contributed by atoms with E-state index in [1.54, 1.807) is 0 Å². The Morgan fingerprint density at radius 1 is 1.38 bits per heavy atom. The summed E-state index contributed by atoms with van der Waals surface area (Å²) in [6.45, 7) is 10.8. The van der Waals surface area contributed by atoms with E-state index in [0.717, 1.165) is 61.5 Å². The molecule has 0 aliphatic carbocycles. The molecule has 1 N–H and O–H groups in total. The van der Waals surface area contributed by atoms with E-state index in [1.165, 1.54) is 0 Å². The van der Waals surface area contributed by atoms with Gasteiger partial charge in [-0.1, -0.05) is 35.9 Å². The summed E-state index contributed by atoms with van der Waals surface area (Å²) < 4.78 is 5.39. The zero-order valence-electron chi connectivity index (χ0n) is 14.0. The molecule has 0 saturated carbocycles. The Labute approximate surface area is 155 Å². The fourth-order valence-electron chi connectivity index (χ4n) is 2.67. The maximum atomic E-state index is 6.30. The molecule has 132 valence electrons. The number of morpholine rings is 1. The molecule has 1 heterocycles. The first-order valence-electron chi connectivity index (χ1n) is 8.38. The van der Waals surface area contributed by atoms with E-state index in [9.17, 15) is 0 Å². The van der Waals surface area contributed by atoms with Gasteiger partial charge >= 0.3 is 0 Å². The van der Waals surface area contributed by atoms with Crippen LogP contribution >= 0.6 is 23.8 Å². The van der Waals surface area contributed by atoms with Crippen LogP contribution < -0.4 is 5.32 Å². The van der Waals surface area contributed by atoms with Crippen molar-refractivity contribution in [3.05, 3.63) is 47.5 Å². The lowest BCUT2D eigenvalue weighted by atomic mass is 10.2. The van der Waals surface area contributed by atoms with Crippen molar-refractivity contribution >= 4 is 28.9 Å². The summed E-state index contributed by atoms with van der Waals surface area (Å²) in [7, 11) is 0. The number of thiocarbonyl (C=S) groups is 1. The van der Waals surface area contributed by atoms with Gasteiger partial charge in [0.1, 0.15) is 0 Å². The third kappa shape index (κ3) is 6.40. The molecule has 1 aromatic carbocycles. The van der Waals surface area contributed by atoms with Gasteiger partial charge < -0.3 is 15.0 Å². The number of hydrogen-bond donors (Lipinski definition) is 1. The predicted octanol–water partition coefficient (Wildman–Crippen LogP) is 2.92. The maximum absolute atomic E-state index is 6.30. The Morgan fingerprint density at radius 3 is 2.83 bits per heavy atom. The Morgan fingerprint density at radius 2 is 2.12 bits per heavy atom. The van der Waals surface area contributed by atoms with Gasteiger partial charge in [0, 0.05) is 44.3 Å². The highest BCUT2D eigenvalue weighted by molar-refractivity contribution is 7.80. The van der Waals surface area contributed by atoms with Crippen LogP contribution in [0.1, 0.15) is 12.0 Å². The molecule has 0 aromatic heterocycles. The SMILES string of the molecule is C=CCNC(=S)N(CCCN1CCOCC1)Cc1ccccc1Cl. The fourth-order valence-corrected chi connectivity index (χ4v) is 3.10. The molecular formula is C18H26ClN3OS. The number of rotatable bonds is 8. The Balaban J connectivity index is 1.90. The van der Waals surface area contributed by atoms with Gasteiger partial charge in [0.25, 0.3) is 0 Å². The molecule has 1 aromatic rings. The molecule has 1 aliphatic rings. The maximum Gasteiger partial charge on any atom is 0.169 e. The minimum atomic E-state index is 0.668. The van der Waals surface area contributed by atoms with Gasteiger partial charge in [-0.05, 0) is 30.3 Å². The van der Waals surface area contributed by atoms with E-state index in [2.05, 4.69) is 21.7 Å². The fraction of sp³-hybridized carbons (Fsp3) is 0.500. The third-order valence-corrected chi connectivity index (χ3v) is 4.78. The monoisotopic (exact) mass is 367 g/mol. The molecule has 0 atom stereocenters. The van der Waals surface area contributed by atoms with E-state index in [4.69, 9.17) is 28.6 Å². The Bertz CT molecular complexity index is 535. The van der Waals surface area contributed by atoms with Gasteiger partial charge in [0.05, 0.1) is 13.2 Å². The normalized spacial score (nSPS) is 15.0. The van der Waals surface area contributed by atoms with Crippen molar-refractivity contribution in [2.45, 2.75) is 13.0 Å². The summed E-state index contributed by atoms with van der Waals surface area (Å²) >= 11 is 11.8. The molecule has 0 bridgehead atoms. The molecule has 24 heavy (non-hydrogen) atoms. The molecule has 0 radical (unpaired) electrons. The summed E-state index contributed by atoms with van der Waals surface area (Å²) in [6.07, 6.45) is 2.87. The lowest BCUT2D eigenvalue weighted by molar-refractivity contribution is 0.0367. The quantitative estimate of drug-likeness (QED) is 0.563. The highest BCUT2D eigenvalue weighted by Gasteiger charge is 2.14. The van der Waals surface area contributed by atoms with E-state index >= 15 is 0 Å². The van der Waals surface area contributed by atoms with Gasteiger partial charge in [0.15, 0.2) is 5.11 Å². The number of nitrogens with one attached hydrogen (secondary N) is 1. The third-order valence-electron chi connectivity index (χ3n) is 4.01. The van der Waals surface area contributed by atoms with Crippen molar-refractivity contribution in [1.29, 1.82) is 0 Å². The molecule has 6 heteroatoms. The highest BCUT2D eigenvalue weighted by Crippen LogP contribution is 2.17. The molecule has 1 fully saturated rings. The molecule has 0 amide bonds. The smallest absolute Gasteiger partial charge is 0.169 e. The van der Waals surface area contributed by atoms with Crippen LogP contribution in [0.3, 0.4) is 0 Å². The molecule has 4 nitrogen and oxygen atoms in total. The van der Waals surface area contributed by atoms with Crippen molar-refractivity contribution in [3.63, 3.8) is 0 Å². The van der Waals surface area contributed by atoms with E-state index < -0.39 is 0 Å². The summed E-state index contributed by atoms with van der Waals surface area (Å²) in [5.74, 6) is 0. The van der Waals surface area contributed by atoms with Crippen LogP contribution in [0.15, 0.2) is 36.9 Å². The molecule has 1 aliphatic heterocycles. The minimum absolute atomic E-state index is 0.668. The standard InChI is InChI=1S/C18H26ClN3OS/c1-2-8-20-18(24)22(15-16-6-3-4-7-17(16)19)10-5-9-21-11-13-23-14-12-21/h2-4,6-7H,1,5,8-15H2,(H,20,24). The van der Waals surface area contributed by atoms with Crippen molar-refractivity contribution in [3.8, 4) is 0 Å². The summed E-state index contributed by atoms with van der Waals surface area (Å²) in [5, 5.41) is 4.75. The van der Waals surface area contributed by atoms with Crippen LogP contribution in [0.2, 0.25) is 5.02 Å². The summed E-state index contributed by atoms with van der Waals surface area (Å²) in [6, 6.07) is 7.92. The first kappa shape index (κ1) is 19.2. The summed E-state index contributed by atoms with van der Waals surface area (Å²) in [5.41, 5.74) is 1.09. The van der Waals surface area contributed by atoms with Crippen LogP contribution in [-0.4, -0.2) is 60.8 Å². The minimum Gasteiger partial charge on any atom is -0.379 e. The average molecular weight is 368 g/mol. The largest absolute Gasteiger partial charge is 0.379 e. The molecule has 1 saturated heterocycles. The van der Waals surface area contributed by atoms with Crippen molar-refractivity contribution < 1.29 is 4.74 Å². The second-order valence-electron chi connectivity index (χ2n) is 5.80. The van der Waals surface area contributed by atoms with Crippen molar-refractivity contribution in [2.24, 2.45) is 0 Å². The van der Waals surface area contributed by atoms with Crippen molar-refractivity contribution in [1.82, 2.24) is 15.1 Å². The number of halogens is 1.